The first kappa shape index (κ1) is 23.1. The van der Waals surface area contributed by atoms with Gasteiger partial charge in [0.05, 0.1) is 6.61 Å². The van der Waals surface area contributed by atoms with E-state index in [1.54, 1.807) is 18.2 Å². The van der Waals surface area contributed by atoms with Crippen LogP contribution < -0.4 is 5.56 Å². The predicted octanol–water partition coefficient (Wildman–Crippen LogP) is 3.43. The molecule has 0 fully saturated rings. The summed E-state index contributed by atoms with van der Waals surface area (Å²) in [6, 6.07) is 19.6. The summed E-state index contributed by atoms with van der Waals surface area (Å²) in [4.78, 5) is 27.2. The zero-order chi connectivity index (χ0) is 20.6. The van der Waals surface area contributed by atoms with E-state index in [0.717, 1.165) is 5.56 Å². The van der Waals surface area contributed by atoms with E-state index in [2.05, 4.69) is 0 Å². The van der Waals surface area contributed by atoms with E-state index in [1.165, 1.54) is 46.0 Å². The number of amides is 1. The minimum Gasteiger partial charge on any atom is -0.395 e. The Balaban J connectivity index is 0.00000320. The molecular weight excluding hydrogens is 407 g/mol. The Hall–Kier alpha value is -3.22. The Kier molecular flexibility index (Phi) is 8.53. The molecule has 0 spiro atoms. The number of rotatable bonds is 7. The van der Waals surface area contributed by atoms with Crippen LogP contribution in [-0.2, 0) is 11.3 Å². The van der Waals surface area contributed by atoms with Gasteiger partial charge < -0.3 is 10.0 Å². The quantitative estimate of drug-likeness (QED) is 0.586. The molecule has 0 bridgehead atoms. The largest absolute Gasteiger partial charge is 0.395 e. The van der Waals surface area contributed by atoms with Crippen molar-refractivity contribution in [3.63, 3.8) is 0 Å². The molecule has 0 saturated carbocycles. The maximum absolute atomic E-state index is 13.4. The Labute approximate surface area is 180 Å². The molecule has 1 aromatic heterocycles. The number of nitrogens with zero attached hydrogens (tertiary/aromatic N) is 2. The summed E-state index contributed by atoms with van der Waals surface area (Å²) in [5.41, 5.74) is 1.23. The van der Waals surface area contributed by atoms with E-state index in [9.17, 15) is 19.1 Å². The highest BCUT2D eigenvalue weighted by atomic mass is 35.5. The van der Waals surface area contributed by atoms with Gasteiger partial charge in [0.1, 0.15) is 11.5 Å². The van der Waals surface area contributed by atoms with Crippen molar-refractivity contribution in [3.05, 3.63) is 106 Å². The number of pyridine rings is 1. The highest BCUT2D eigenvalue weighted by Gasteiger charge is 2.20. The lowest BCUT2D eigenvalue weighted by Gasteiger charge is -2.24. The highest BCUT2D eigenvalue weighted by molar-refractivity contribution is 6.18. The van der Waals surface area contributed by atoms with Crippen molar-refractivity contribution in [3.8, 4) is 0 Å². The van der Waals surface area contributed by atoms with Crippen molar-refractivity contribution in [2.75, 3.05) is 13.2 Å². The molecule has 0 unspecified atom stereocenters. The first-order chi connectivity index (χ1) is 14.1. The van der Waals surface area contributed by atoms with Crippen molar-refractivity contribution in [1.29, 1.82) is 0 Å². The lowest BCUT2D eigenvalue weighted by molar-refractivity contribution is -0.126. The second kappa shape index (κ2) is 11.1. The lowest BCUT2D eigenvalue weighted by Crippen LogP contribution is -2.36. The molecule has 0 atom stereocenters. The van der Waals surface area contributed by atoms with Crippen molar-refractivity contribution >= 4 is 30.1 Å². The van der Waals surface area contributed by atoms with E-state index in [4.69, 9.17) is 0 Å². The second-order valence-corrected chi connectivity index (χ2v) is 6.43. The van der Waals surface area contributed by atoms with Gasteiger partial charge in [-0.3, -0.25) is 14.2 Å². The van der Waals surface area contributed by atoms with Crippen LogP contribution in [0.25, 0.3) is 11.8 Å². The van der Waals surface area contributed by atoms with Gasteiger partial charge >= 0.3 is 0 Å². The number of aromatic nitrogens is 1. The summed E-state index contributed by atoms with van der Waals surface area (Å²) in [5.74, 6) is -0.807. The van der Waals surface area contributed by atoms with E-state index in [0.29, 0.717) is 5.56 Å². The average Bonchev–Trinajstić information content (AvgIpc) is 2.74. The molecule has 1 N–H and O–H groups in total. The van der Waals surface area contributed by atoms with Crippen LogP contribution in [0.2, 0.25) is 0 Å². The summed E-state index contributed by atoms with van der Waals surface area (Å²) in [5, 5.41) is 9.47. The monoisotopic (exact) mass is 428 g/mol. The van der Waals surface area contributed by atoms with Crippen molar-refractivity contribution in [1.82, 2.24) is 9.47 Å². The van der Waals surface area contributed by atoms with Crippen LogP contribution in [0, 0.1) is 5.82 Å². The smallest absolute Gasteiger partial charge is 0.271 e. The van der Waals surface area contributed by atoms with Gasteiger partial charge in [-0.25, -0.2) is 4.39 Å². The third-order valence-electron chi connectivity index (χ3n) is 4.35. The van der Waals surface area contributed by atoms with Gasteiger partial charge in [-0.05, 0) is 35.4 Å². The predicted molar refractivity (Wildman–Crippen MR) is 117 cm³/mol. The fourth-order valence-electron chi connectivity index (χ4n) is 2.92. The first-order valence-electron chi connectivity index (χ1n) is 9.18. The standard InChI is InChI=1S/C23H21FN2O3.ClH/c24-20-11-9-18(10-12-20)16-21(26-13-5-4-8-22(26)28)23(29)25(14-15-27)17-19-6-2-1-3-7-19;/h1-13,16,27H,14-15,17H2;1H/b21-16+;. The molecule has 7 heteroatoms. The molecule has 0 aliphatic carbocycles. The van der Waals surface area contributed by atoms with Gasteiger partial charge in [0.15, 0.2) is 0 Å². The molecule has 3 rings (SSSR count). The summed E-state index contributed by atoms with van der Waals surface area (Å²) in [7, 11) is 0. The van der Waals surface area contributed by atoms with Gasteiger partial charge in [0.25, 0.3) is 11.5 Å². The Bertz CT molecular complexity index is 1050. The molecule has 0 aliphatic heterocycles. The first-order valence-corrected chi connectivity index (χ1v) is 9.18. The van der Waals surface area contributed by atoms with Crippen LogP contribution in [0.4, 0.5) is 4.39 Å². The molecule has 0 saturated heterocycles. The van der Waals surface area contributed by atoms with Gasteiger partial charge in [-0.1, -0.05) is 48.5 Å². The molecule has 2 aromatic carbocycles. The minimum atomic E-state index is -0.416. The van der Waals surface area contributed by atoms with Crippen molar-refractivity contribution in [2.45, 2.75) is 6.54 Å². The fourth-order valence-corrected chi connectivity index (χ4v) is 2.92. The van der Waals surface area contributed by atoms with E-state index in [-0.39, 0.29) is 43.4 Å². The number of benzene rings is 2. The molecule has 156 valence electrons. The van der Waals surface area contributed by atoms with E-state index >= 15 is 0 Å². The zero-order valence-electron chi connectivity index (χ0n) is 16.1. The number of halogens is 2. The summed E-state index contributed by atoms with van der Waals surface area (Å²) < 4.78 is 14.5. The van der Waals surface area contributed by atoms with Crippen LogP contribution in [-0.4, -0.2) is 33.6 Å². The van der Waals surface area contributed by atoms with Crippen LogP contribution in [0.15, 0.2) is 83.8 Å². The second-order valence-electron chi connectivity index (χ2n) is 6.43. The van der Waals surface area contributed by atoms with Gasteiger partial charge in [-0.15, -0.1) is 12.4 Å². The van der Waals surface area contributed by atoms with Gasteiger partial charge in [0, 0.05) is 25.4 Å². The summed E-state index contributed by atoms with van der Waals surface area (Å²) >= 11 is 0. The molecule has 1 amide bonds. The van der Waals surface area contributed by atoms with Crippen LogP contribution in [0.3, 0.4) is 0 Å². The molecule has 3 aromatic rings. The van der Waals surface area contributed by atoms with E-state index in [1.807, 2.05) is 30.3 Å². The molecule has 1 heterocycles. The highest BCUT2D eigenvalue weighted by Crippen LogP contribution is 2.16. The minimum absolute atomic E-state index is 0. The van der Waals surface area contributed by atoms with Gasteiger partial charge in [0.2, 0.25) is 0 Å². The molecule has 5 nitrogen and oxygen atoms in total. The average molecular weight is 429 g/mol. The topological polar surface area (TPSA) is 62.5 Å². The van der Waals surface area contributed by atoms with Crippen molar-refractivity contribution in [2.24, 2.45) is 0 Å². The normalized spacial score (nSPS) is 10.9. The Morgan fingerprint density at radius 2 is 1.67 bits per heavy atom. The maximum atomic E-state index is 13.4. The van der Waals surface area contributed by atoms with Crippen LogP contribution in [0.1, 0.15) is 11.1 Å². The summed E-state index contributed by atoms with van der Waals surface area (Å²) in [6.07, 6.45) is 3.05. The number of carbonyl (C=O) groups is 1. The number of aliphatic hydroxyl groups excluding tert-OH is 1. The number of carbonyl (C=O) groups excluding carboxylic acids is 1. The third-order valence-corrected chi connectivity index (χ3v) is 4.35. The van der Waals surface area contributed by atoms with Gasteiger partial charge in [-0.2, -0.15) is 0 Å². The number of aliphatic hydroxyl groups is 1. The van der Waals surface area contributed by atoms with Crippen molar-refractivity contribution < 1.29 is 14.3 Å². The Morgan fingerprint density at radius 1 is 1.00 bits per heavy atom. The molecule has 30 heavy (non-hydrogen) atoms. The Morgan fingerprint density at radius 3 is 2.30 bits per heavy atom. The van der Waals surface area contributed by atoms with Crippen LogP contribution >= 0.6 is 12.4 Å². The molecular formula is C23H22ClFN2O3. The zero-order valence-corrected chi connectivity index (χ0v) is 17.0. The van der Waals surface area contributed by atoms with Crippen LogP contribution in [0.5, 0.6) is 0 Å². The summed E-state index contributed by atoms with van der Waals surface area (Å²) in [6.45, 7) is 0.171. The number of hydrogen-bond donors (Lipinski definition) is 1. The molecule has 0 radical (unpaired) electrons. The molecule has 0 aliphatic rings. The third kappa shape index (κ3) is 5.89. The lowest BCUT2D eigenvalue weighted by atomic mass is 10.1. The maximum Gasteiger partial charge on any atom is 0.271 e. The fraction of sp³-hybridized carbons (Fsp3) is 0.130. The SMILES string of the molecule is Cl.O=C(/C(=C\c1ccc(F)cc1)n1ccccc1=O)N(CCO)Cc1ccccc1. The number of hydrogen-bond acceptors (Lipinski definition) is 3. The van der Waals surface area contributed by atoms with E-state index < -0.39 is 11.7 Å².